The number of carbonyl (C=O) groups excluding carboxylic acids is 1. The molecule has 3 aromatic rings. The monoisotopic (exact) mass is 352 g/mol. The molecule has 0 fully saturated rings. The fourth-order valence-electron chi connectivity index (χ4n) is 2.54. The van der Waals surface area contributed by atoms with E-state index in [1.165, 1.54) is 0 Å². The molecule has 0 aliphatic rings. The minimum Gasteiger partial charge on any atom is -0.497 e. The number of hydrogen-bond acceptors (Lipinski definition) is 5. The summed E-state index contributed by atoms with van der Waals surface area (Å²) in [6.45, 7) is 0.361. The van der Waals surface area contributed by atoms with Crippen molar-refractivity contribution in [3.63, 3.8) is 0 Å². The fraction of sp³-hybridized carbons (Fsp3) is 0.211. The molecule has 7 nitrogen and oxygen atoms in total. The molecule has 0 unspecified atom stereocenters. The van der Waals surface area contributed by atoms with Gasteiger partial charge in [0, 0.05) is 54.9 Å². The smallest absolute Gasteiger partial charge is 0.251 e. The van der Waals surface area contributed by atoms with Crippen molar-refractivity contribution in [2.45, 2.75) is 6.54 Å². The van der Waals surface area contributed by atoms with Crippen LogP contribution in [0.3, 0.4) is 0 Å². The third-order valence-electron chi connectivity index (χ3n) is 3.90. The Morgan fingerprint density at radius 3 is 2.38 bits per heavy atom. The number of carbonyl (C=O) groups is 1. The summed E-state index contributed by atoms with van der Waals surface area (Å²) in [7, 11) is 4.96. The van der Waals surface area contributed by atoms with Gasteiger partial charge in [0.2, 0.25) is 0 Å². The van der Waals surface area contributed by atoms with Crippen molar-refractivity contribution in [3.05, 3.63) is 60.2 Å². The summed E-state index contributed by atoms with van der Waals surface area (Å²) < 4.78 is 12.1. The van der Waals surface area contributed by atoms with Crippen molar-refractivity contribution < 1.29 is 14.3 Å². The second-order valence-corrected chi connectivity index (χ2v) is 5.77. The minimum atomic E-state index is -0.214. The van der Waals surface area contributed by atoms with Gasteiger partial charge >= 0.3 is 0 Å². The first-order valence-corrected chi connectivity index (χ1v) is 8.03. The third-order valence-corrected chi connectivity index (χ3v) is 3.90. The van der Waals surface area contributed by atoms with Gasteiger partial charge in [-0.15, -0.1) is 0 Å². The van der Waals surface area contributed by atoms with Crippen LogP contribution in [0.15, 0.2) is 49.1 Å². The molecule has 3 rings (SSSR count). The van der Waals surface area contributed by atoms with Crippen LogP contribution in [-0.4, -0.2) is 34.9 Å². The molecule has 0 saturated carbocycles. The van der Waals surface area contributed by atoms with Crippen LogP contribution in [0.2, 0.25) is 0 Å². The van der Waals surface area contributed by atoms with Gasteiger partial charge in [-0.05, 0) is 23.8 Å². The molecule has 2 aromatic heterocycles. The van der Waals surface area contributed by atoms with E-state index in [0.29, 0.717) is 23.6 Å². The Morgan fingerprint density at radius 2 is 1.77 bits per heavy atom. The molecule has 26 heavy (non-hydrogen) atoms. The molecule has 0 atom stereocenters. The van der Waals surface area contributed by atoms with Crippen LogP contribution in [-0.2, 0) is 13.6 Å². The number of aryl methyl sites for hydroxylation is 1. The third kappa shape index (κ3) is 4.00. The Kier molecular flexibility index (Phi) is 5.17. The number of aromatic nitrogens is 3. The number of amides is 1. The quantitative estimate of drug-likeness (QED) is 0.737. The number of pyridine rings is 1. The lowest BCUT2D eigenvalue weighted by Gasteiger charge is -2.09. The normalized spacial score (nSPS) is 10.4. The molecular weight excluding hydrogens is 332 g/mol. The zero-order valence-electron chi connectivity index (χ0n) is 14.9. The summed E-state index contributed by atoms with van der Waals surface area (Å²) >= 11 is 0. The van der Waals surface area contributed by atoms with Crippen LogP contribution in [0, 0.1) is 0 Å². The lowest BCUT2D eigenvalue weighted by atomic mass is 10.1. The molecule has 7 heteroatoms. The van der Waals surface area contributed by atoms with E-state index in [4.69, 9.17) is 9.47 Å². The van der Waals surface area contributed by atoms with Crippen molar-refractivity contribution in [2.75, 3.05) is 14.2 Å². The molecule has 0 aliphatic heterocycles. The Bertz CT molecular complexity index is 898. The van der Waals surface area contributed by atoms with Crippen molar-refractivity contribution >= 4 is 5.91 Å². The highest BCUT2D eigenvalue weighted by Gasteiger charge is 2.10. The number of methoxy groups -OCH3 is 2. The Labute approximate surface area is 151 Å². The largest absolute Gasteiger partial charge is 0.497 e. The molecular formula is C19H20N4O3. The van der Waals surface area contributed by atoms with E-state index in [0.717, 1.165) is 16.7 Å². The Balaban J connectivity index is 1.72. The van der Waals surface area contributed by atoms with E-state index in [1.807, 2.05) is 19.3 Å². The summed E-state index contributed by atoms with van der Waals surface area (Å²) in [5.41, 5.74) is 3.30. The summed E-state index contributed by atoms with van der Waals surface area (Å²) in [6, 6.07) is 7.04. The molecule has 0 bridgehead atoms. The van der Waals surface area contributed by atoms with Gasteiger partial charge in [0.25, 0.3) is 5.91 Å². The van der Waals surface area contributed by atoms with Gasteiger partial charge in [-0.2, -0.15) is 5.10 Å². The molecule has 2 heterocycles. The van der Waals surface area contributed by atoms with E-state index in [1.54, 1.807) is 55.7 Å². The molecule has 0 spiro atoms. The molecule has 1 N–H and O–H groups in total. The maximum atomic E-state index is 12.5. The van der Waals surface area contributed by atoms with Gasteiger partial charge in [-0.3, -0.25) is 14.5 Å². The number of nitrogens with zero attached hydrogens (tertiary/aromatic N) is 3. The van der Waals surface area contributed by atoms with Gasteiger partial charge < -0.3 is 14.8 Å². The van der Waals surface area contributed by atoms with E-state index in [2.05, 4.69) is 15.4 Å². The van der Waals surface area contributed by atoms with Gasteiger partial charge in [0.15, 0.2) is 0 Å². The minimum absolute atomic E-state index is 0.214. The average molecular weight is 352 g/mol. The maximum Gasteiger partial charge on any atom is 0.251 e. The van der Waals surface area contributed by atoms with E-state index in [-0.39, 0.29) is 5.91 Å². The first-order valence-electron chi connectivity index (χ1n) is 8.03. The highest BCUT2D eigenvalue weighted by atomic mass is 16.5. The van der Waals surface area contributed by atoms with Crippen LogP contribution < -0.4 is 14.8 Å². The number of hydrogen-bond donors (Lipinski definition) is 1. The summed E-state index contributed by atoms with van der Waals surface area (Å²) in [4.78, 5) is 16.7. The number of benzene rings is 1. The zero-order valence-corrected chi connectivity index (χ0v) is 14.9. The van der Waals surface area contributed by atoms with Crippen molar-refractivity contribution in [2.24, 2.45) is 7.05 Å². The van der Waals surface area contributed by atoms with Crippen LogP contribution in [0.4, 0.5) is 0 Å². The Morgan fingerprint density at radius 1 is 1.04 bits per heavy atom. The van der Waals surface area contributed by atoms with Gasteiger partial charge in [-0.25, -0.2) is 0 Å². The number of nitrogens with one attached hydrogen (secondary N) is 1. The molecule has 0 radical (unpaired) electrons. The van der Waals surface area contributed by atoms with Crippen LogP contribution in [0.5, 0.6) is 11.5 Å². The Hall–Kier alpha value is -3.35. The topological polar surface area (TPSA) is 78.3 Å². The fourth-order valence-corrected chi connectivity index (χ4v) is 2.54. The highest BCUT2D eigenvalue weighted by molar-refractivity contribution is 5.95. The zero-order chi connectivity index (χ0) is 18.5. The van der Waals surface area contributed by atoms with Crippen LogP contribution >= 0.6 is 0 Å². The maximum absolute atomic E-state index is 12.5. The van der Waals surface area contributed by atoms with Gasteiger partial charge in [0.1, 0.15) is 11.5 Å². The summed E-state index contributed by atoms with van der Waals surface area (Å²) in [5, 5.41) is 7.06. The molecule has 0 saturated heterocycles. The highest BCUT2D eigenvalue weighted by Crippen LogP contribution is 2.22. The molecule has 0 aliphatic carbocycles. The first kappa shape index (κ1) is 17.5. The number of ether oxygens (including phenoxy) is 2. The summed E-state index contributed by atoms with van der Waals surface area (Å²) in [6.07, 6.45) is 7.20. The first-order chi connectivity index (χ1) is 12.6. The predicted octanol–water partition coefficient (Wildman–Crippen LogP) is 2.43. The molecule has 134 valence electrons. The SMILES string of the molecule is COc1cc(OC)cc(C(=O)NCc2cncc(-c3cnn(C)c3)c2)c1. The van der Waals surface area contributed by atoms with E-state index >= 15 is 0 Å². The van der Waals surface area contributed by atoms with Crippen LogP contribution in [0.25, 0.3) is 11.1 Å². The number of rotatable bonds is 6. The molecule has 1 aromatic carbocycles. The van der Waals surface area contributed by atoms with Gasteiger partial charge in [0.05, 0.1) is 20.4 Å². The van der Waals surface area contributed by atoms with E-state index < -0.39 is 0 Å². The van der Waals surface area contributed by atoms with Gasteiger partial charge in [-0.1, -0.05) is 0 Å². The van der Waals surface area contributed by atoms with Crippen molar-refractivity contribution in [1.82, 2.24) is 20.1 Å². The summed E-state index contributed by atoms with van der Waals surface area (Å²) in [5.74, 6) is 0.915. The second kappa shape index (κ2) is 7.69. The average Bonchev–Trinajstić information content (AvgIpc) is 3.12. The predicted molar refractivity (Wildman–Crippen MR) is 97.2 cm³/mol. The van der Waals surface area contributed by atoms with E-state index in [9.17, 15) is 4.79 Å². The molecule has 1 amide bonds. The second-order valence-electron chi connectivity index (χ2n) is 5.77. The van der Waals surface area contributed by atoms with Crippen molar-refractivity contribution in [3.8, 4) is 22.6 Å². The van der Waals surface area contributed by atoms with Crippen molar-refractivity contribution in [1.29, 1.82) is 0 Å². The lowest BCUT2D eigenvalue weighted by molar-refractivity contribution is 0.0950. The lowest BCUT2D eigenvalue weighted by Crippen LogP contribution is -2.23. The standard InChI is InChI=1S/C19H20N4O3/c1-23-12-16(11-22-23)15-4-13(8-20-10-15)9-21-19(24)14-5-17(25-2)7-18(6-14)26-3/h4-8,10-12H,9H2,1-3H3,(H,21,24). The van der Waals surface area contributed by atoms with Crippen LogP contribution in [0.1, 0.15) is 15.9 Å².